The summed E-state index contributed by atoms with van der Waals surface area (Å²) >= 11 is 0. The standard InChI is InChI=1S/2C23H24FN5O2/c2*1-15-2-7-21(29-26-10-11-27-29)19(12-15)23(30)28-18-5-3-16(20(28)8-6-18)14-31-22-9-4-17(24)13-25-22/h2*2,4,7,9-13,16,18,20H,3,5-6,8,14H2,1H3/t16-,18?,20-;16-,18+,20?/m00/s1. The van der Waals surface area contributed by atoms with E-state index in [1.165, 1.54) is 33.9 Å². The molecule has 6 aromatic rings. The summed E-state index contributed by atoms with van der Waals surface area (Å²) in [4.78, 5) is 42.6. The third kappa shape index (κ3) is 8.50. The van der Waals surface area contributed by atoms with Crippen LogP contribution in [0.15, 0.2) is 97.8 Å². The van der Waals surface area contributed by atoms with Gasteiger partial charge in [0.2, 0.25) is 11.8 Å². The Morgan fingerprint density at radius 1 is 0.565 bits per heavy atom. The minimum Gasteiger partial charge on any atom is -0.477 e. The van der Waals surface area contributed by atoms with E-state index in [1.807, 2.05) is 50.2 Å². The van der Waals surface area contributed by atoms with Crippen LogP contribution in [0, 0.1) is 37.3 Å². The summed E-state index contributed by atoms with van der Waals surface area (Å²) in [7, 11) is 0. The van der Waals surface area contributed by atoms with Crippen LogP contribution in [0.3, 0.4) is 0 Å². The number of aryl methyl sites for hydroxylation is 2. The molecule has 4 aliphatic heterocycles. The van der Waals surface area contributed by atoms with Crippen LogP contribution in [0.25, 0.3) is 11.4 Å². The Labute approximate surface area is 357 Å². The molecule has 4 aromatic heterocycles. The van der Waals surface area contributed by atoms with Crippen molar-refractivity contribution in [1.82, 2.24) is 49.8 Å². The first kappa shape index (κ1) is 40.8. The zero-order valence-electron chi connectivity index (χ0n) is 34.6. The van der Waals surface area contributed by atoms with E-state index in [-0.39, 0.29) is 59.5 Å². The van der Waals surface area contributed by atoms with Gasteiger partial charge in [-0.3, -0.25) is 9.59 Å². The molecular weight excluding hydrogens is 795 g/mol. The fourth-order valence-electron chi connectivity index (χ4n) is 9.77. The third-order valence-electron chi connectivity index (χ3n) is 12.7. The predicted molar refractivity (Wildman–Crippen MR) is 223 cm³/mol. The highest BCUT2D eigenvalue weighted by Gasteiger charge is 2.47. The van der Waals surface area contributed by atoms with Gasteiger partial charge in [0, 0.05) is 48.1 Å². The topological polar surface area (TPSA) is 146 Å². The number of pyridine rings is 2. The second kappa shape index (κ2) is 17.8. The smallest absolute Gasteiger partial charge is 0.256 e. The Morgan fingerprint density at radius 3 is 1.35 bits per heavy atom. The summed E-state index contributed by atoms with van der Waals surface area (Å²) in [5.41, 5.74) is 4.66. The number of rotatable bonds is 10. The van der Waals surface area contributed by atoms with Gasteiger partial charge in [-0.15, -0.1) is 0 Å². The molecule has 320 valence electrons. The number of amides is 2. The minimum atomic E-state index is -0.388. The van der Waals surface area contributed by atoms with E-state index in [9.17, 15) is 18.4 Å². The van der Waals surface area contributed by atoms with E-state index < -0.39 is 0 Å². The molecule has 0 N–H and O–H groups in total. The Morgan fingerprint density at radius 2 is 0.968 bits per heavy atom. The molecule has 62 heavy (non-hydrogen) atoms. The zero-order chi connectivity index (χ0) is 42.7. The van der Waals surface area contributed by atoms with Crippen LogP contribution in [0.1, 0.15) is 83.2 Å². The number of piperidine rings is 2. The number of fused-ring (bicyclic) bond motifs is 4. The molecule has 0 spiro atoms. The van der Waals surface area contributed by atoms with Gasteiger partial charge in [0.15, 0.2) is 0 Å². The van der Waals surface area contributed by atoms with Crippen LogP contribution >= 0.6 is 0 Å². The third-order valence-corrected chi connectivity index (χ3v) is 12.7. The lowest BCUT2D eigenvalue weighted by atomic mass is 9.90. The average Bonchev–Trinajstić information content (AvgIpc) is 4.12. The highest BCUT2D eigenvalue weighted by Crippen LogP contribution is 2.42. The van der Waals surface area contributed by atoms with E-state index in [4.69, 9.17) is 9.47 Å². The van der Waals surface area contributed by atoms with E-state index in [0.29, 0.717) is 47.5 Å². The number of hydrogen-bond donors (Lipinski definition) is 0. The molecule has 2 amide bonds. The molecule has 4 saturated heterocycles. The van der Waals surface area contributed by atoms with Crippen molar-refractivity contribution in [3.8, 4) is 23.1 Å². The molecular formula is C46H48F2N10O4. The summed E-state index contributed by atoms with van der Waals surface area (Å²) in [6, 6.07) is 18.0. The molecule has 2 aromatic carbocycles. The first-order valence-electron chi connectivity index (χ1n) is 21.3. The lowest BCUT2D eigenvalue weighted by molar-refractivity contribution is 0.0395. The number of nitrogens with zero attached hydrogens (tertiary/aromatic N) is 10. The number of aromatic nitrogens is 8. The molecule has 6 atom stereocenters. The van der Waals surface area contributed by atoms with Crippen LogP contribution in [-0.4, -0.2) is 99.0 Å². The van der Waals surface area contributed by atoms with Gasteiger partial charge in [0.1, 0.15) is 11.6 Å². The van der Waals surface area contributed by atoms with Crippen LogP contribution in [0.2, 0.25) is 0 Å². The van der Waals surface area contributed by atoms with Gasteiger partial charge >= 0.3 is 0 Å². The molecule has 0 saturated carbocycles. The van der Waals surface area contributed by atoms with Crippen molar-refractivity contribution in [1.29, 1.82) is 0 Å². The van der Waals surface area contributed by atoms with Crippen molar-refractivity contribution in [3.63, 3.8) is 0 Å². The van der Waals surface area contributed by atoms with Crippen LogP contribution in [-0.2, 0) is 0 Å². The maximum Gasteiger partial charge on any atom is 0.256 e. The molecule has 4 aliphatic rings. The van der Waals surface area contributed by atoms with Gasteiger partial charge in [0.25, 0.3) is 11.8 Å². The molecule has 14 nitrogen and oxygen atoms in total. The maximum atomic E-state index is 13.7. The predicted octanol–water partition coefficient (Wildman–Crippen LogP) is 7.14. The number of ether oxygens (including phenoxy) is 2. The second-order valence-electron chi connectivity index (χ2n) is 16.6. The van der Waals surface area contributed by atoms with Crippen LogP contribution < -0.4 is 9.47 Å². The summed E-state index contributed by atoms with van der Waals surface area (Å²) in [5.74, 6) is 0.509. The van der Waals surface area contributed by atoms with Gasteiger partial charge in [-0.25, -0.2) is 18.7 Å². The van der Waals surface area contributed by atoms with Crippen molar-refractivity contribution >= 4 is 11.8 Å². The van der Waals surface area contributed by atoms with E-state index in [2.05, 4.69) is 40.2 Å². The summed E-state index contributed by atoms with van der Waals surface area (Å²) in [6.45, 7) is 4.88. The quantitative estimate of drug-likeness (QED) is 0.139. The van der Waals surface area contributed by atoms with Gasteiger partial charge in [-0.2, -0.15) is 30.0 Å². The van der Waals surface area contributed by atoms with Gasteiger partial charge < -0.3 is 19.3 Å². The fraction of sp³-hybridized carbons (Fsp3) is 0.391. The largest absolute Gasteiger partial charge is 0.477 e. The Bertz CT molecular complexity index is 2310. The first-order valence-corrected chi connectivity index (χ1v) is 21.3. The number of carbonyl (C=O) groups is 2. The molecule has 0 aliphatic carbocycles. The molecule has 4 fully saturated rings. The lowest BCUT2D eigenvalue weighted by Gasteiger charge is -2.40. The monoisotopic (exact) mass is 842 g/mol. The molecule has 0 radical (unpaired) electrons. The second-order valence-corrected chi connectivity index (χ2v) is 16.6. The highest BCUT2D eigenvalue weighted by atomic mass is 19.1. The zero-order valence-corrected chi connectivity index (χ0v) is 34.6. The van der Waals surface area contributed by atoms with Gasteiger partial charge in [-0.05, 0) is 102 Å². The highest BCUT2D eigenvalue weighted by molar-refractivity contribution is 5.99. The molecule has 4 bridgehead atoms. The van der Waals surface area contributed by atoms with Crippen LogP contribution in [0.4, 0.5) is 8.78 Å². The number of benzene rings is 2. The number of halogens is 2. The van der Waals surface area contributed by atoms with Gasteiger partial charge in [0.05, 0.1) is 72.9 Å². The Hall–Kier alpha value is -6.58. The van der Waals surface area contributed by atoms with Gasteiger partial charge in [-0.1, -0.05) is 23.3 Å². The van der Waals surface area contributed by atoms with Crippen LogP contribution in [0.5, 0.6) is 11.8 Å². The van der Waals surface area contributed by atoms with Crippen molar-refractivity contribution in [2.45, 2.75) is 89.4 Å². The SMILES string of the molecule is Cc1ccc(-n2nccn2)c(C(=O)N2C3CC[C@@H](COc4ccc(F)cn4)[C@@H]2CC3)c1.Cc1ccc(-n2nccn2)c(C(=O)N2C3CC[C@H]2CC[C@H]3COc2ccc(F)cn2)c1. The molecule has 10 rings (SSSR count). The summed E-state index contributed by atoms with van der Waals surface area (Å²) < 4.78 is 37.9. The minimum absolute atomic E-state index is 0.0214. The van der Waals surface area contributed by atoms with Crippen molar-refractivity contribution in [3.05, 3.63) is 132 Å². The molecule has 2 unspecified atom stereocenters. The van der Waals surface area contributed by atoms with E-state index >= 15 is 0 Å². The normalized spacial score (nSPS) is 22.5. The summed E-state index contributed by atoms with van der Waals surface area (Å²) in [6.07, 6.45) is 16.6. The average molecular weight is 843 g/mol. The van der Waals surface area contributed by atoms with Crippen molar-refractivity contribution in [2.75, 3.05) is 13.2 Å². The lowest BCUT2D eigenvalue weighted by Crippen LogP contribution is -2.49. The first-order chi connectivity index (χ1) is 30.2. The maximum absolute atomic E-state index is 13.7. The fourth-order valence-corrected chi connectivity index (χ4v) is 9.77. The Kier molecular flexibility index (Phi) is 11.7. The van der Waals surface area contributed by atoms with E-state index in [0.717, 1.165) is 74.9 Å². The summed E-state index contributed by atoms with van der Waals surface area (Å²) in [5, 5.41) is 16.9. The Balaban J connectivity index is 0.000000158. The molecule has 8 heterocycles. The number of hydrogen-bond acceptors (Lipinski definition) is 10. The molecule has 16 heteroatoms. The number of carbonyl (C=O) groups excluding carboxylic acids is 2. The van der Waals surface area contributed by atoms with Crippen molar-refractivity contribution < 1.29 is 27.8 Å². The van der Waals surface area contributed by atoms with Crippen molar-refractivity contribution in [2.24, 2.45) is 11.8 Å². The van der Waals surface area contributed by atoms with E-state index in [1.54, 1.807) is 24.8 Å².